The van der Waals surface area contributed by atoms with Crippen molar-refractivity contribution in [2.24, 2.45) is 5.92 Å². The number of rotatable bonds is 1. The lowest BCUT2D eigenvalue weighted by Gasteiger charge is -2.53. The highest BCUT2D eigenvalue weighted by Gasteiger charge is 2.48. The fraction of sp³-hybridized carbons (Fsp3) is 0.750. The molecule has 24 heavy (non-hydrogen) atoms. The molecule has 2 aliphatic heterocycles. The highest BCUT2D eigenvalue weighted by atomic mass is 19.4. The van der Waals surface area contributed by atoms with E-state index in [4.69, 9.17) is 4.74 Å². The summed E-state index contributed by atoms with van der Waals surface area (Å²) in [7, 11) is 0. The summed E-state index contributed by atoms with van der Waals surface area (Å²) in [5.74, 6) is -0.280. The van der Waals surface area contributed by atoms with E-state index < -0.39 is 17.8 Å². The van der Waals surface area contributed by atoms with Gasteiger partial charge in [0, 0.05) is 25.1 Å². The number of ether oxygens (including phenoxy) is 1. The zero-order valence-electron chi connectivity index (χ0n) is 14.0. The maximum absolute atomic E-state index is 12.6. The molecule has 0 spiro atoms. The van der Waals surface area contributed by atoms with Gasteiger partial charge in [0.25, 0.3) is 5.91 Å². The summed E-state index contributed by atoms with van der Waals surface area (Å²) >= 11 is 0. The van der Waals surface area contributed by atoms with E-state index in [1.807, 2.05) is 5.10 Å². The summed E-state index contributed by atoms with van der Waals surface area (Å²) in [6.07, 6.45) is -2.03. The quantitative estimate of drug-likeness (QED) is 0.850. The van der Waals surface area contributed by atoms with Crippen molar-refractivity contribution < 1.29 is 22.7 Å². The highest BCUT2D eigenvalue weighted by molar-refractivity contribution is 5.92. The summed E-state index contributed by atoms with van der Waals surface area (Å²) in [6, 6.07) is 0.774. The number of hydrogen-bond donors (Lipinski definition) is 1. The summed E-state index contributed by atoms with van der Waals surface area (Å²) in [4.78, 5) is 14.1. The number of nitrogens with one attached hydrogen (secondary N) is 1. The third-order valence-electron chi connectivity index (χ3n) is 5.18. The van der Waals surface area contributed by atoms with Crippen LogP contribution in [0.5, 0.6) is 0 Å². The molecule has 0 radical (unpaired) electrons. The van der Waals surface area contributed by atoms with Gasteiger partial charge in [-0.2, -0.15) is 18.3 Å². The Bertz CT molecular complexity index is 641. The lowest BCUT2D eigenvalue weighted by molar-refractivity contribution is -0.210. The fourth-order valence-electron chi connectivity index (χ4n) is 3.77. The molecule has 3 rings (SSSR count). The molecule has 0 aromatic carbocycles. The molecule has 2 saturated heterocycles. The van der Waals surface area contributed by atoms with Gasteiger partial charge in [0.05, 0.1) is 11.2 Å². The number of amides is 1. The molecular formula is C16H22F3N3O2. The second-order valence-electron chi connectivity index (χ2n) is 7.58. The standard InChI is InChI=1S/C16H22F3N3O2/c1-14(2)5-4-10-9-22(7-6-15(10,3)24-14)13(23)11-8-12(21-20-11)16(17,18)19/h8,10H,4-7,9H2,1-3H3,(H,20,21)/t10-,15+/m0/s1. The van der Waals surface area contributed by atoms with Crippen LogP contribution in [0.3, 0.4) is 0 Å². The van der Waals surface area contributed by atoms with Crippen LogP contribution in [0.15, 0.2) is 6.07 Å². The van der Waals surface area contributed by atoms with E-state index in [2.05, 4.69) is 25.9 Å². The Balaban J connectivity index is 1.72. The van der Waals surface area contributed by atoms with Gasteiger partial charge < -0.3 is 9.64 Å². The first-order chi connectivity index (χ1) is 11.0. The number of nitrogens with zero attached hydrogens (tertiary/aromatic N) is 2. The average molecular weight is 345 g/mol. The summed E-state index contributed by atoms with van der Waals surface area (Å²) in [5, 5.41) is 5.43. The Kier molecular flexibility index (Phi) is 3.94. The van der Waals surface area contributed by atoms with Crippen LogP contribution in [-0.4, -0.2) is 45.3 Å². The van der Waals surface area contributed by atoms with Crippen molar-refractivity contribution in [1.82, 2.24) is 15.1 Å². The van der Waals surface area contributed by atoms with Gasteiger partial charge in [0.1, 0.15) is 5.69 Å². The first-order valence-corrected chi connectivity index (χ1v) is 8.12. The van der Waals surface area contributed by atoms with Crippen molar-refractivity contribution >= 4 is 5.91 Å². The van der Waals surface area contributed by atoms with Crippen molar-refractivity contribution in [3.05, 3.63) is 17.5 Å². The molecule has 1 amide bonds. The number of fused-ring (bicyclic) bond motifs is 1. The Labute approximate surface area is 138 Å². The summed E-state index contributed by atoms with van der Waals surface area (Å²) in [5.41, 5.74) is -1.67. The molecule has 3 heterocycles. The van der Waals surface area contributed by atoms with Crippen molar-refractivity contribution in [1.29, 1.82) is 0 Å². The van der Waals surface area contributed by atoms with Crippen LogP contribution in [0.2, 0.25) is 0 Å². The maximum Gasteiger partial charge on any atom is 0.432 e. The van der Waals surface area contributed by atoms with E-state index in [1.165, 1.54) is 0 Å². The number of hydrogen-bond acceptors (Lipinski definition) is 3. The Morgan fingerprint density at radius 1 is 1.38 bits per heavy atom. The fourth-order valence-corrected chi connectivity index (χ4v) is 3.77. The van der Waals surface area contributed by atoms with Crippen LogP contribution in [0.4, 0.5) is 13.2 Å². The van der Waals surface area contributed by atoms with Crippen LogP contribution < -0.4 is 0 Å². The predicted molar refractivity (Wildman–Crippen MR) is 80.4 cm³/mol. The number of likely N-dealkylation sites (tertiary alicyclic amines) is 1. The number of carbonyl (C=O) groups is 1. The van der Waals surface area contributed by atoms with Crippen LogP contribution in [0, 0.1) is 5.92 Å². The largest absolute Gasteiger partial charge is 0.432 e. The van der Waals surface area contributed by atoms with Gasteiger partial charge in [0.15, 0.2) is 5.69 Å². The van der Waals surface area contributed by atoms with Crippen molar-refractivity contribution in [3.8, 4) is 0 Å². The molecule has 0 unspecified atom stereocenters. The molecule has 8 heteroatoms. The number of aromatic nitrogens is 2. The molecule has 2 atom stereocenters. The molecule has 5 nitrogen and oxygen atoms in total. The zero-order valence-corrected chi connectivity index (χ0v) is 14.0. The third kappa shape index (κ3) is 3.16. The van der Waals surface area contributed by atoms with Gasteiger partial charge >= 0.3 is 6.18 Å². The smallest absolute Gasteiger partial charge is 0.369 e. The minimum atomic E-state index is -4.53. The Hall–Kier alpha value is -1.57. The number of alkyl halides is 3. The molecule has 0 aliphatic carbocycles. The molecule has 0 bridgehead atoms. The van der Waals surface area contributed by atoms with E-state index in [0.717, 1.165) is 18.9 Å². The molecule has 134 valence electrons. The van der Waals surface area contributed by atoms with E-state index in [-0.39, 0.29) is 22.8 Å². The highest BCUT2D eigenvalue weighted by Crippen LogP contribution is 2.44. The van der Waals surface area contributed by atoms with E-state index >= 15 is 0 Å². The van der Waals surface area contributed by atoms with Gasteiger partial charge in [-0.05, 0) is 40.0 Å². The Morgan fingerprint density at radius 2 is 2.08 bits per heavy atom. The predicted octanol–water partition coefficient (Wildman–Crippen LogP) is 3.24. The average Bonchev–Trinajstić information content (AvgIpc) is 2.94. The first kappa shape index (κ1) is 17.3. The molecule has 2 aliphatic rings. The van der Waals surface area contributed by atoms with Crippen LogP contribution >= 0.6 is 0 Å². The van der Waals surface area contributed by atoms with Crippen LogP contribution in [0.25, 0.3) is 0 Å². The van der Waals surface area contributed by atoms with Crippen molar-refractivity contribution in [2.75, 3.05) is 13.1 Å². The molecule has 0 saturated carbocycles. The normalized spacial score (nSPS) is 30.1. The monoisotopic (exact) mass is 345 g/mol. The molecule has 1 N–H and O–H groups in total. The second kappa shape index (κ2) is 5.47. The molecule has 1 aromatic heterocycles. The van der Waals surface area contributed by atoms with E-state index in [0.29, 0.717) is 19.5 Å². The molecule has 2 fully saturated rings. The van der Waals surface area contributed by atoms with Crippen LogP contribution in [0.1, 0.15) is 56.2 Å². The molecule has 1 aromatic rings. The number of halogens is 3. The van der Waals surface area contributed by atoms with E-state index in [9.17, 15) is 18.0 Å². The van der Waals surface area contributed by atoms with E-state index in [1.54, 1.807) is 4.90 Å². The maximum atomic E-state index is 12.6. The van der Waals surface area contributed by atoms with Crippen LogP contribution in [-0.2, 0) is 10.9 Å². The van der Waals surface area contributed by atoms with Crippen molar-refractivity contribution in [3.63, 3.8) is 0 Å². The third-order valence-corrected chi connectivity index (χ3v) is 5.18. The lowest BCUT2D eigenvalue weighted by Crippen LogP contribution is -2.58. The summed E-state index contributed by atoms with van der Waals surface area (Å²) < 4.78 is 44.2. The van der Waals surface area contributed by atoms with Gasteiger partial charge in [-0.15, -0.1) is 0 Å². The van der Waals surface area contributed by atoms with Gasteiger partial charge in [0.2, 0.25) is 0 Å². The number of H-pyrrole nitrogens is 1. The van der Waals surface area contributed by atoms with Gasteiger partial charge in [-0.1, -0.05) is 0 Å². The lowest BCUT2D eigenvalue weighted by atomic mass is 9.74. The first-order valence-electron chi connectivity index (χ1n) is 8.12. The second-order valence-corrected chi connectivity index (χ2v) is 7.58. The topological polar surface area (TPSA) is 58.2 Å². The minimum absolute atomic E-state index is 0.179. The summed E-state index contributed by atoms with van der Waals surface area (Å²) in [6.45, 7) is 7.13. The van der Waals surface area contributed by atoms with Gasteiger partial charge in [-0.25, -0.2) is 0 Å². The number of aromatic amines is 1. The minimum Gasteiger partial charge on any atom is -0.369 e. The van der Waals surface area contributed by atoms with Gasteiger partial charge in [-0.3, -0.25) is 9.89 Å². The SMILES string of the molecule is CC1(C)CC[C@H]2CN(C(=O)c3cc(C(F)(F)F)[nH]n3)CC[C@@]2(C)O1. The number of piperidine rings is 1. The molecular weight excluding hydrogens is 323 g/mol. The van der Waals surface area contributed by atoms with Crippen molar-refractivity contribution in [2.45, 2.75) is 57.4 Å². The Morgan fingerprint density at radius 3 is 2.71 bits per heavy atom. The number of carbonyl (C=O) groups excluding carboxylic acids is 1. The zero-order chi connectivity index (χ0) is 17.8.